The number of non-ortho nitro benzene ring substituents is 1. The molecule has 3 aromatic rings. The highest BCUT2D eigenvalue weighted by molar-refractivity contribution is 7.94. The van der Waals surface area contributed by atoms with Crippen LogP contribution in [0, 0.1) is 16.0 Å². The number of rotatable bonds is 8. The summed E-state index contributed by atoms with van der Waals surface area (Å²) in [4.78, 5) is 11.2. The average molecular weight is 391 g/mol. The zero-order valence-corrected chi connectivity index (χ0v) is 16.2. The summed E-state index contributed by atoms with van der Waals surface area (Å²) in [5, 5.41) is 10.7. The van der Waals surface area contributed by atoms with Gasteiger partial charge in [0.05, 0.1) is 11.5 Å². The highest BCUT2D eigenvalue weighted by Crippen LogP contribution is 2.60. The fourth-order valence-electron chi connectivity index (χ4n) is 3.95. The molecule has 28 heavy (non-hydrogen) atoms. The van der Waals surface area contributed by atoms with Gasteiger partial charge in [-0.15, -0.1) is 0 Å². The molecule has 1 saturated carbocycles. The van der Waals surface area contributed by atoms with Crippen molar-refractivity contribution in [2.24, 2.45) is 5.92 Å². The smallest absolute Gasteiger partial charge is 0.269 e. The van der Waals surface area contributed by atoms with E-state index in [1.54, 1.807) is 12.1 Å². The highest BCUT2D eigenvalue weighted by Gasteiger charge is 2.55. The van der Waals surface area contributed by atoms with E-state index in [1.165, 1.54) is 35.3 Å². The van der Waals surface area contributed by atoms with Gasteiger partial charge in [0.2, 0.25) is 0 Å². The molecule has 5 heteroatoms. The summed E-state index contributed by atoms with van der Waals surface area (Å²) in [6.07, 6.45) is 2.11. The second-order valence-corrected chi connectivity index (χ2v) is 7.92. The van der Waals surface area contributed by atoms with Crippen LogP contribution in [-0.4, -0.2) is 11.5 Å². The minimum Gasteiger partial charge on any atom is -0.310 e. The van der Waals surface area contributed by atoms with Crippen molar-refractivity contribution in [1.29, 1.82) is 0 Å². The third kappa shape index (κ3) is 3.81. The van der Waals surface area contributed by atoms with E-state index in [9.17, 15) is 10.1 Å². The summed E-state index contributed by atoms with van der Waals surface area (Å²) in [6, 6.07) is 27.9. The van der Waals surface area contributed by atoms with E-state index in [1.807, 2.05) is 0 Å². The fraction of sp³-hybridized carbons (Fsp3) is 0.217. The Balaban J connectivity index is 1.37. The lowest BCUT2D eigenvalue weighted by molar-refractivity contribution is -0.384. The van der Waals surface area contributed by atoms with E-state index >= 15 is 0 Å². The predicted molar refractivity (Wildman–Crippen MR) is 111 cm³/mol. The molecule has 0 aliphatic heterocycles. The number of nitro benzene ring substituents is 1. The molecule has 1 aliphatic carbocycles. The van der Waals surface area contributed by atoms with Crippen molar-refractivity contribution in [3.8, 4) is 0 Å². The summed E-state index contributed by atoms with van der Waals surface area (Å²) < 4.78 is 5.78. The van der Waals surface area contributed by atoms with Gasteiger partial charge in [0.25, 0.3) is 5.69 Å². The van der Waals surface area contributed by atoms with Gasteiger partial charge in [0.15, 0.2) is 0 Å². The van der Waals surface area contributed by atoms with Gasteiger partial charge in [0.1, 0.15) is 0 Å². The Morgan fingerprint density at radius 2 is 1.50 bits per heavy atom. The molecular formula is C23H21NO3S. The van der Waals surface area contributed by atoms with Crippen LogP contribution in [0.4, 0.5) is 5.69 Å². The Kier molecular flexibility index (Phi) is 5.46. The van der Waals surface area contributed by atoms with Gasteiger partial charge in [-0.25, -0.2) is 0 Å². The molecule has 3 aromatic carbocycles. The van der Waals surface area contributed by atoms with Gasteiger partial charge in [-0.2, -0.15) is 0 Å². The van der Waals surface area contributed by atoms with Crippen molar-refractivity contribution in [3.05, 3.63) is 106 Å². The summed E-state index contributed by atoms with van der Waals surface area (Å²) in [7, 11) is 0. The Morgan fingerprint density at radius 3 is 2.04 bits per heavy atom. The minimum atomic E-state index is -0.394. The quantitative estimate of drug-likeness (QED) is 0.204. The number of hydrogen-bond acceptors (Lipinski definition) is 4. The summed E-state index contributed by atoms with van der Waals surface area (Å²) in [5.74, 6) is 0.551. The van der Waals surface area contributed by atoms with E-state index in [4.69, 9.17) is 4.18 Å². The number of nitrogens with zero attached hydrogens (tertiary/aromatic N) is 1. The lowest BCUT2D eigenvalue weighted by Gasteiger charge is -2.19. The molecule has 0 radical (unpaired) electrons. The number of benzene rings is 3. The highest BCUT2D eigenvalue weighted by atomic mass is 32.2. The van der Waals surface area contributed by atoms with Crippen molar-refractivity contribution in [1.82, 2.24) is 0 Å². The molecule has 0 spiro atoms. The zero-order chi connectivity index (χ0) is 19.4. The summed E-state index contributed by atoms with van der Waals surface area (Å²) in [6.45, 7) is 0.647. The molecule has 1 aliphatic rings. The van der Waals surface area contributed by atoms with Crippen LogP contribution in [0.2, 0.25) is 0 Å². The van der Waals surface area contributed by atoms with Crippen molar-refractivity contribution in [2.45, 2.75) is 23.2 Å². The topological polar surface area (TPSA) is 52.4 Å². The molecule has 0 heterocycles. The van der Waals surface area contributed by atoms with Crippen LogP contribution in [0.25, 0.3) is 0 Å². The van der Waals surface area contributed by atoms with E-state index in [2.05, 4.69) is 60.7 Å². The van der Waals surface area contributed by atoms with E-state index in [0.29, 0.717) is 12.5 Å². The molecule has 1 unspecified atom stereocenters. The van der Waals surface area contributed by atoms with Crippen molar-refractivity contribution in [2.75, 3.05) is 6.61 Å². The second kappa shape index (κ2) is 8.17. The SMILES string of the molecule is O=[N+]([O-])c1ccc(SOCCC2CC2(c2ccccc2)c2ccccc2)cc1. The number of nitro groups is 1. The van der Waals surface area contributed by atoms with Gasteiger partial charge in [-0.3, -0.25) is 10.1 Å². The van der Waals surface area contributed by atoms with Crippen LogP contribution in [0.5, 0.6) is 0 Å². The number of hydrogen-bond donors (Lipinski definition) is 0. The van der Waals surface area contributed by atoms with Gasteiger partial charge in [-0.1, -0.05) is 60.7 Å². The van der Waals surface area contributed by atoms with Crippen LogP contribution >= 0.6 is 12.0 Å². The lowest BCUT2D eigenvalue weighted by atomic mass is 9.85. The summed E-state index contributed by atoms with van der Waals surface area (Å²) >= 11 is 1.28. The maximum atomic E-state index is 10.7. The molecule has 0 saturated heterocycles. The monoisotopic (exact) mass is 391 g/mol. The lowest BCUT2D eigenvalue weighted by Crippen LogP contribution is -2.13. The Morgan fingerprint density at radius 1 is 0.929 bits per heavy atom. The fourth-order valence-corrected chi connectivity index (χ4v) is 4.51. The standard InChI is InChI=1S/C23H21NO3S/c25-24(26)21-11-13-22(14-12-21)28-27-16-15-20-17-23(20,18-7-3-1-4-8-18)19-9-5-2-6-10-19/h1-14,20H,15-17H2. The van der Waals surface area contributed by atoms with Crippen LogP contribution in [-0.2, 0) is 9.60 Å². The van der Waals surface area contributed by atoms with Crippen LogP contribution in [0.3, 0.4) is 0 Å². The normalized spacial score (nSPS) is 17.2. The first kappa shape index (κ1) is 18.7. The molecule has 4 rings (SSSR count). The minimum absolute atomic E-state index is 0.0872. The third-order valence-corrected chi connectivity index (χ3v) is 6.18. The third-order valence-electron chi connectivity index (χ3n) is 5.44. The molecule has 142 valence electrons. The van der Waals surface area contributed by atoms with Crippen molar-refractivity contribution in [3.63, 3.8) is 0 Å². The zero-order valence-electron chi connectivity index (χ0n) is 15.4. The maximum absolute atomic E-state index is 10.7. The van der Waals surface area contributed by atoms with Gasteiger partial charge >= 0.3 is 0 Å². The average Bonchev–Trinajstić information content (AvgIpc) is 3.48. The first-order valence-electron chi connectivity index (χ1n) is 9.35. The van der Waals surface area contributed by atoms with Gasteiger partial charge in [-0.05, 0) is 42.0 Å². The van der Waals surface area contributed by atoms with E-state index < -0.39 is 4.92 Å². The van der Waals surface area contributed by atoms with E-state index in [-0.39, 0.29) is 11.1 Å². The first-order valence-corrected chi connectivity index (χ1v) is 10.1. The molecule has 1 atom stereocenters. The first-order chi connectivity index (χ1) is 13.7. The Hall–Kier alpha value is -2.63. The van der Waals surface area contributed by atoms with Gasteiger partial charge < -0.3 is 4.18 Å². The molecule has 4 nitrogen and oxygen atoms in total. The Bertz CT molecular complexity index is 890. The molecule has 1 fully saturated rings. The van der Waals surface area contributed by atoms with Crippen LogP contribution in [0.1, 0.15) is 24.0 Å². The molecule has 0 N–H and O–H groups in total. The predicted octanol–water partition coefficient (Wildman–Crippen LogP) is 6.01. The molecular weight excluding hydrogens is 370 g/mol. The Labute approximate surface area is 168 Å². The van der Waals surface area contributed by atoms with Crippen molar-refractivity contribution >= 4 is 17.7 Å². The molecule has 0 amide bonds. The summed E-state index contributed by atoms with van der Waals surface area (Å²) in [5.41, 5.74) is 2.92. The molecule has 0 aromatic heterocycles. The van der Waals surface area contributed by atoms with Crippen LogP contribution < -0.4 is 0 Å². The van der Waals surface area contributed by atoms with Crippen LogP contribution in [0.15, 0.2) is 89.8 Å². The maximum Gasteiger partial charge on any atom is 0.269 e. The second-order valence-electron chi connectivity index (χ2n) is 7.05. The van der Waals surface area contributed by atoms with Gasteiger partial charge in [0, 0.05) is 34.5 Å². The van der Waals surface area contributed by atoms with Crippen molar-refractivity contribution < 1.29 is 9.11 Å². The largest absolute Gasteiger partial charge is 0.310 e. The molecule has 0 bridgehead atoms. The van der Waals surface area contributed by atoms with E-state index in [0.717, 1.165) is 17.7 Å².